The summed E-state index contributed by atoms with van der Waals surface area (Å²) in [6.07, 6.45) is 0. The van der Waals surface area contributed by atoms with Gasteiger partial charge in [-0.1, -0.05) is 12.1 Å². The number of rotatable bonds is 3. The molecule has 3 N–H and O–H groups in total. The molecule has 1 heterocycles. The molecular formula is C16H15N3O3. The van der Waals surface area contributed by atoms with Crippen molar-refractivity contribution in [2.24, 2.45) is 0 Å². The maximum atomic E-state index is 12.0. The molecule has 0 spiro atoms. The van der Waals surface area contributed by atoms with Crippen LogP contribution in [0.5, 0.6) is 11.5 Å². The molecule has 0 saturated carbocycles. The molecule has 2 aromatic carbocycles. The van der Waals surface area contributed by atoms with Crippen LogP contribution in [0.3, 0.4) is 0 Å². The number of ether oxygens (including phenoxy) is 2. The van der Waals surface area contributed by atoms with Gasteiger partial charge < -0.3 is 15.2 Å². The topological polar surface area (TPSA) is 90.2 Å². The normalized spacial score (nSPS) is 10.6. The third kappa shape index (κ3) is 2.24. The molecule has 3 rings (SSSR count). The Morgan fingerprint density at radius 1 is 1.00 bits per heavy atom. The first-order valence-corrected chi connectivity index (χ1v) is 6.64. The molecule has 0 amide bonds. The largest absolute Gasteiger partial charge is 0.493 e. The lowest BCUT2D eigenvalue weighted by Crippen LogP contribution is -2.10. The second-order valence-electron chi connectivity index (χ2n) is 4.78. The standard InChI is InChI=1S/C16H15N3O3/c1-21-13-7-11-12(8-14(13)22-2)16(20)19-18-15(11)9-3-5-10(17)6-4-9/h3-8H,17H2,1-2H3,(H,19,20). The predicted octanol–water partition coefficient (Wildman–Crippen LogP) is 2.19. The van der Waals surface area contributed by atoms with Crippen LogP contribution in [0.1, 0.15) is 0 Å². The third-order valence-corrected chi connectivity index (χ3v) is 3.48. The van der Waals surface area contributed by atoms with Gasteiger partial charge in [0.15, 0.2) is 11.5 Å². The molecule has 0 aliphatic carbocycles. The van der Waals surface area contributed by atoms with Crippen LogP contribution in [0, 0.1) is 0 Å². The van der Waals surface area contributed by atoms with Crippen molar-refractivity contribution in [2.45, 2.75) is 0 Å². The number of aromatic amines is 1. The van der Waals surface area contributed by atoms with Gasteiger partial charge in [-0.25, -0.2) is 5.10 Å². The van der Waals surface area contributed by atoms with Gasteiger partial charge in [0, 0.05) is 16.6 Å². The Labute approximate surface area is 126 Å². The lowest BCUT2D eigenvalue weighted by molar-refractivity contribution is 0.356. The van der Waals surface area contributed by atoms with E-state index < -0.39 is 0 Å². The number of methoxy groups -OCH3 is 2. The minimum Gasteiger partial charge on any atom is -0.493 e. The smallest absolute Gasteiger partial charge is 0.272 e. The zero-order chi connectivity index (χ0) is 15.7. The number of fused-ring (bicyclic) bond motifs is 1. The summed E-state index contributed by atoms with van der Waals surface area (Å²) in [4.78, 5) is 12.0. The van der Waals surface area contributed by atoms with Crippen molar-refractivity contribution in [3.05, 3.63) is 46.8 Å². The summed E-state index contributed by atoms with van der Waals surface area (Å²) < 4.78 is 10.6. The van der Waals surface area contributed by atoms with E-state index in [0.29, 0.717) is 33.7 Å². The highest BCUT2D eigenvalue weighted by atomic mass is 16.5. The fourth-order valence-corrected chi connectivity index (χ4v) is 2.35. The summed E-state index contributed by atoms with van der Waals surface area (Å²) in [5.74, 6) is 1.04. The average Bonchev–Trinajstić information content (AvgIpc) is 2.55. The highest BCUT2D eigenvalue weighted by Gasteiger charge is 2.13. The minimum absolute atomic E-state index is 0.282. The number of nitrogens with zero attached hydrogens (tertiary/aromatic N) is 1. The lowest BCUT2D eigenvalue weighted by Gasteiger charge is -2.11. The molecule has 3 aromatic rings. The van der Waals surface area contributed by atoms with Crippen LogP contribution in [0.4, 0.5) is 5.69 Å². The Morgan fingerprint density at radius 2 is 1.59 bits per heavy atom. The Kier molecular flexibility index (Phi) is 3.42. The summed E-state index contributed by atoms with van der Waals surface area (Å²) in [5.41, 5.74) is 7.59. The quantitative estimate of drug-likeness (QED) is 0.723. The molecule has 1 aromatic heterocycles. The summed E-state index contributed by atoms with van der Waals surface area (Å²) in [6, 6.07) is 10.7. The second-order valence-corrected chi connectivity index (χ2v) is 4.78. The molecule has 112 valence electrons. The first-order chi connectivity index (χ1) is 10.6. The number of hydrogen-bond donors (Lipinski definition) is 2. The van der Waals surface area contributed by atoms with Crippen molar-refractivity contribution < 1.29 is 9.47 Å². The number of aromatic nitrogens is 2. The molecule has 0 fully saturated rings. The number of nitrogen functional groups attached to an aromatic ring is 1. The van der Waals surface area contributed by atoms with E-state index in [1.54, 1.807) is 31.4 Å². The van der Waals surface area contributed by atoms with E-state index in [4.69, 9.17) is 15.2 Å². The first-order valence-electron chi connectivity index (χ1n) is 6.64. The van der Waals surface area contributed by atoms with Gasteiger partial charge in [0.25, 0.3) is 5.56 Å². The Morgan fingerprint density at radius 3 is 2.18 bits per heavy atom. The summed E-state index contributed by atoms with van der Waals surface area (Å²) in [7, 11) is 3.08. The predicted molar refractivity (Wildman–Crippen MR) is 85.3 cm³/mol. The molecule has 6 heteroatoms. The molecular weight excluding hydrogens is 282 g/mol. The molecule has 0 radical (unpaired) electrons. The van der Waals surface area contributed by atoms with E-state index in [1.165, 1.54) is 7.11 Å². The van der Waals surface area contributed by atoms with E-state index in [9.17, 15) is 4.79 Å². The van der Waals surface area contributed by atoms with Crippen molar-refractivity contribution in [1.29, 1.82) is 0 Å². The van der Waals surface area contributed by atoms with Crippen molar-refractivity contribution >= 4 is 16.5 Å². The zero-order valence-electron chi connectivity index (χ0n) is 12.2. The number of nitrogens with one attached hydrogen (secondary N) is 1. The highest BCUT2D eigenvalue weighted by Crippen LogP contribution is 2.34. The maximum Gasteiger partial charge on any atom is 0.272 e. The zero-order valence-corrected chi connectivity index (χ0v) is 12.2. The average molecular weight is 297 g/mol. The maximum absolute atomic E-state index is 12.0. The van der Waals surface area contributed by atoms with Crippen molar-refractivity contribution in [3.63, 3.8) is 0 Å². The summed E-state index contributed by atoms with van der Waals surface area (Å²) in [6.45, 7) is 0. The van der Waals surface area contributed by atoms with Gasteiger partial charge in [-0.3, -0.25) is 4.79 Å². The minimum atomic E-state index is -0.282. The Bertz CT molecular complexity index is 886. The molecule has 0 aliphatic heterocycles. The first kappa shape index (κ1) is 13.9. The third-order valence-electron chi connectivity index (χ3n) is 3.48. The van der Waals surface area contributed by atoms with E-state index in [2.05, 4.69) is 10.2 Å². The fraction of sp³-hybridized carbons (Fsp3) is 0.125. The van der Waals surface area contributed by atoms with Gasteiger partial charge in [0.05, 0.1) is 25.3 Å². The molecule has 0 saturated heterocycles. The van der Waals surface area contributed by atoms with Crippen molar-refractivity contribution in [2.75, 3.05) is 20.0 Å². The molecule has 0 aliphatic rings. The van der Waals surface area contributed by atoms with Gasteiger partial charge >= 0.3 is 0 Å². The summed E-state index contributed by atoms with van der Waals surface area (Å²) >= 11 is 0. The monoisotopic (exact) mass is 297 g/mol. The fourth-order valence-electron chi connectivity index (χ4n) is 2.35. The van der Waals surface area contributed by atoms with Crippen LogP contribution in [-0.2, 0) is 0 Å². The van der Waals surface area contributed by atoms with Gasteiger partial charge in [-0.05, 0) is 24.3 Å². The number of nitrogens with two attached hydrogens (primary N) is 1. The number of anilines is 1. The van der Waals surface area contributed by atoms with Gasteiger partial charge in [0.1, 0.15) is 0 Å². The van der Waals surface area contributed by atoms with Crippen LogP contribution < -0.4 is 20.8 Å². The number of hydrogen-bond acceptors (Lipinski definition) is 5. The van der Waals surface area contributed by atoms with E-state index >= 15 is 0 Å². The van der Waals surface area contributed by atoms with Crippen LogP contribution in [0.15, 0.2) is 41.2 Å². The molecule has 6 nitrogen and oxygen atoms in total. The second kappa shape index (κ2) is 5.40. The van der Waals surface area contributed by atoms with Crippen LogP contribution in [0.2, 0.25) is 0 Å². The number of benzene rings is 2. The molecule has 22 heavy (non-hydrogen) atoms. The van der Waals surface area contributed by atoms with Crippen molar-refractivity contribution in [3.8, 4) is 22.8 Å². The van der Waals surface area contributed by atoms with Gasteiger partial charge in [-0.2, -0.15) is 5.10 Å². The summed E-state index contributed by atoms with van der Waals surface area (Å²) in [5, 5.41) is 7.85. The molecule has 0 bridgehead atoms. The van der Waals surface area contributed by atoms with E-state index in [-0.39, 0.29) is 5.56 Å². The van der Waals surface area contributed by atoms with Gasteiger partial charge in [0.2, 0.25) is 0 Å². The Balaban J connectivity index is 2.34. The molecule has 0 unspecified atom stereocenters. The van der Waals surface area contributed by atoms with Gasteiger partial charge in [-0.15, -0.1) is 0 Å². The van der Waals surface area contributed by atoms with Crippen LogP contribution in [-0.4, -0.2) is 24.4 Å². The Hall–Kier alpha value is -3.02. The van der Waals surface area contributed by atoms with Crippen molar-refractivity contribution in [1.82, 2.24) is 10.2 Å². The van der Waals surface area contributed by atoms with E-state index in [0.717, 1.165) is 5.56 Å². The molecule has 0 atom stereocenters. The lowest BCUT2D eigenvalue weighted by atomic mass is 10.0. The van der Waals surface area contributed by atoms with E-state index in [1.807, 2.05) is 12.1 Å². The van der Waals surface area contributed by atoms with Crippen LogP contribution in [0.25, 0.3) is 22.0 Å². The SMILES string of the molecule is COc1cc2c(-c3ccc(N)cc3)n[nH]c(=O)c2cc1OC. The highest BCUT2D eigenvalue weighted by molar-refractivity contribution is 5.96. The number of H-pyrrole nitrogens is 1. The van der Waals surface area contributed by atoms with Crippen LogP contribution >= 0.6 is 0 Å².